The Kier molecular flexibility index (Phi) is 5.66. The number of benzene rings is 1. The number of likely N-dealkylation sites (tertiary alicyclic amines) is 1. The normalized spacial score (nSPS) is 19.2. The first-order valence-corrected chi connectivity index (χ1v) is 8.89. The molecule has 0 radical (unpaired) electrons. The summed E-state index contributed by atoms with van der Waals surface area (Å²) in [7, 11) is 0. The van der Waals surface area contributed by atoms with Gasteiger partial charge in [-0.15, -0.1) is 0 Å². The molecule has 0 bridgehead atoms. The van der Waals surface area contributed by atoms with Crippen molar-refractivity contribution in [1.82, 2.24) is 4.90 Å². The van der Waals surface area contributed by atoms with Gasteiger partial charge in [-0.1, -0.05) is 43.2 Å². The lowest BCUT2D eigenvalue weighted by Gasteiger charge is -2.31. The predicted octanol–water partition coefficient (Wildman–Crippen LogP) is 2.83. The van der Waals surface area contributed by atoms with Crippen LogP contribution < -0.4 is 4.73 Å². The molecule has 2 atom stereocenters. The number of aliphatic hydroxyl groups excluding tert-OH is 1. The molecule has 0 aliphatic carbocycles. The Morgan fingerprint density at radius 1 is 1.16 bits per heavy atom. The smallest absolute Gasteiger partial charge is 0.320 e. The summed E-state index contributed by atoms with van der Waals surface area (Å²) in [5.41, 5.74) is 1.00. The molecule has 1 saturated heterocycles. The number of nitrogens with zero attached hydrogens (tertiary/aromatic N) is 2. The zero-order valence-corrected chi connectivity index (χ0v) is 14.3. The van der Waals surface area contributed by atoms with Gasteiger partial charge in [0, 0.05) is 24.7 Å². The van der Waals surface area contributed by atoms with E-state index >= 15 is 0 Å². The fourth-order valence-corrected chi connectivity index (χ4v) is 3.50. The lowest BCUT2D eigenvalue weighted by Crippen LogP contribution is -2.46. The molecule has 1 aromatic heterocycles. The van der Waals surface area contributed by atoms with Crippen molar-refractivity contribution < 1.29 is 14.6 Å². The maximum atomic E-state index is 12.9. The van der Waals surface area contributed by atoms with E-state index in [1.165, 1.54) is 6.20 Å². The summed E-state index contributed by atoms with van der Waals surface area (Å²) < 4.78 is 0.623. The standard InChI is InChI=1S/C20H24N2O3/c23-19(16-9-3-1-4-10-16)15-17-11-5-2-7-13-21(17)20(24)18-12-6-8-14-22(18)25/h1,3-4,6,8-10,12,14,17,19,23H,2,5,7,11,13,15H2/t17-,19+/m0/s1. The molecule has 1 N–H and O–H groups in total. The fraction of sp³-hybridized carbons (Fsp3) is 0.400. The van der Waals surface area contributed by atoms with Gasteiger partial charge in [-0.05, 0) is 30.9 Å². The van der Waals surface area contributed by atoms with Crippen molar-refractivity contribution in [2.45, 2.75) is 44.2 Å². The third-order valence-electron chi connectivity index (χ3n) is 4.86. The summed E-state index contributed by atoms with van der Waals surface area (Å²) in [6, 6.07) is 14.3. The number of aromatic nitrogens is 1. The molecule has 2 heterocycles. The van der Waals surface area contributed by atoms with Gasteiger partial charge in [0.2, 0.25) is 0 Å². The van der Waals surface area contributed by atoms with E-state index in [0.29, 0.717) is 17.7 Å². The average molecular weight is 340 g/mol. The molecule has 0 saturated carbocycles. The van der Waals surface area contributed by atoms with E-state index in [9.17, 15) is 15.1 Å². The van der Waals surface area contributed by atoms with E-state index in [2.05, 4.69) is 0 Å². The Hall–Kier alpha value is -2.40. The molecule has 1 aliphatic rings. The van der Waals surface area contributed by atoms with Crippen LogP contribution in [0.1, 0.15) is 54.3 Å². The molecule has 1 aromatic carbocycles. The van der Waals surface area contributed by atoms with E-state index < -0.39 is 6.10 Å². The molecule has 2 aromatic rings. The van der Waals surface area contributed by atoms with Crippen molar-refractivity contribution in [3.05, 3.63) is 71.2 Å². The molecule has 1 amide bonds. The van der Waals surface area contributed by atoms with Crippen LogP contribution in [0, 0.1) is 5.21 Å². The van der Waals surface area contributed by atoms with Crippen LogP contribution in [-0.2, 0) is 0 Å². The molecule has 0 unspecified atom stereocenters. The van der Waals surface area contributed by atoms with Gasteiger partial charge in [0.1, 0.15) is 0 Å². The first-order chi connectivity index (χ1) is 12.2. The molecule has 5 nitrogen and oxygen atoms in total. The van der Waals surface area contributed by atoms with Crippen molar-refractivity contribution in [2.75, 3.05) is 6.54 Å². The van der Waals surface area contributed by atoms with Crippen LogP contribution in [0.15, 0.2) is 54.7 Å². The summed E-state index contributed by atoms with van der Waals surface area (Å²) >= 11 is 0. The number of hydrogen-bond acceptors (Lipinski definition) is 3. The van der Waals surface area contributed by atoms with Gasteiger partial charge in [0.05, 0.1) is 6.10 Å². The highest BCUT2D eigenvalue weighted by Gasteiger charge is 2.31. The number of carbonyl (C=O) groups is 1. The maximum Gasteiger partial charge on any atom is 0.320 e. The molecular weight excluding hydrogens is 316 g/mol. The van der Waals surface area contributed by atoms with E-state index in [-0.39, 0.29) is 17.6 Å². The number of carbonyl (C=O) groups excluding carboxylic acids is 1. The number of aliphatic hydroxyl groups is 1. The molecule has 25 heavy (non-hydrogen) atoms. The third-order valence-corrected chi connectivity index (χ3v) is 4.86. The Labute approximate surface area is 148 Å². The van der Waals surface area contributed by atoms with Gasteiger partial charge in [-0.25, -0.2) is 0 Å². The van der Waals surface area contributed by atoms with Crippen LogP contribution in [0.2, 0.25) is 0 Å². The first kappa shape index (κ1) is 17.4. The Morgan fingerprint density at radius 3 is 2.68 bits per heavy atom. The molecular formula is C20H24N2O3. The van der Waals surface area contributed by atoms with E-state index in [0.717, 1.165) is 31.2 Å². The monoisotopic (exact) mass is 340 g/mol. The Morgan fingerprint density at radius 2 is 1.92 bits per heavy atom. The molecule has 132 valence electrons. The Bertz CT molecular complexity index is 705. The highest BCUT2D eigenvalue weighted by atomic mass is 16.5. The first-order valence-electron chi connectivity index (χ1n) is 8.89. The van der Waals surface area contributed by atoms with Gasteiger partial charge >= 0.3 is 5.91 Å². The minimum absolute atomic E-state index is 0.0644. The van der Waals surface area contributed by atoms with E-state index in [1.54, 1.807) is 23.1 Å². The highest BCUT2D eigenvalue weighted by molar-refractivity contribution is 5.91. The number of amides is 1. The zero-order chi connectivity index (χ0) is 17.6. The van der Waals surface area contributed by atoms with Crippen molar-refractivity contribution in [2.24, 2.45) is 0 Å². The van der Waals surface area contributed by atoms with Crippen LogP contribution in [0.25, 0.3) is 0 Å². The van der Waals surface area contributed by atoms with Gasteiger partial charge < -0.3 is 15.2 Å². The van der Waals surface area contributed by atoms with Gasteiger partial charge in [-0.3, -0.25) is 4.79 Å². The number of pyridine rings is 1. The molecule has 1 aliphatic heterocycles. The van der Waals surface area contributed by atoms with Crippen molar-refractivity contribution >= 4 is 5.91 Å². The van der Waals surface area contributed by atoms with Crippen LogP contribution in [0.5, 0.6) is 0 Å². The quantitative estimate of drug-likeness (QED) is 0.687. The summed E-state index contributed by atoms with van der Waals surface area (Å²) in [5.74, 6) is -0.247. The second kappa shape index (κ2) is 8.12. The summed E-state index contributed by atoms with van der Waals surface area (Å²) in [4.78, 5) is 14.7. The number of hydrogen-bond donors (Lipinski definition) is 1. The van der Waals surface area contributed by atoms with E-state index in [1.807, 2.05) is 30.3 Å². The number of rotatable bonds is 4. The van der Waals surface area contributed by atoms with E-state index in [4.69, 9.17) is 0 Å². The van der Waals surface area contributed by atoms with Crippen molar-refractivity contribution in [3.8, 4) is 0 Å². The van der Waals surface area contributed by atoms with Gasteiger partial charge in [0.15, 0.2) is 6.20 Å². The van der Waals surface area contributed by atoms with Crippen LogP contribution in [0.4, 0.5) is 0 Å². The van der Waals surface area contributed by atoms with Crippen LogP contribution in [0.3, 0.4) is 0 Å². The summed E-state index contributed by atoms with van der Waals surface area (Å²) in [5, 5.41) is 22.5. The summed E-state index contributed by atoms with van der Waals surface area (Å²) in [6.45, 7) is 0.625. The SMILES string of the molecule is O=C(c1cccc[n+]1[O-])N1CCCCC[C@H]1C[C@@H](O)c1ccccc1. The lowest BCUT2D eigenvalue weighted by atomic mass is 9.98. The molecule has 1 fully saturated rings. The molecule has 3 rings (SSSR count). The minimum Gasteiger partial charge on any atom is -0.618 e. The lowest BCUT2D eigenvalue weighted by molar-refractivity contribution is -0.608. The van der Waals surface area contributed by atoms with Gasteiger partial charge in [-0.2, -0.15) is 4.73 Å². The predicted molar refractivity (Wildman–Crippen MR) is 94.7 cm³/mol. The zero-order valence-electron chi connectivity index (χ0n) is 14.3. The van der Waals surface area contributed by atoms with Crippen molar-refractivity contribution in [1.29, 1.82) is 0 Å². The second-order valence-corrected chi connectivity index (χ2v) is 6.58. The largest absolute Gasteiger partial charge is 0.618 e. The molecule has 5 heteroatoms. The average Bonchev–Trinajstić information content (AvgIpc) is 2.88. The second-order valence-electron chi connectivity index (χ2n) is 6.58. The van der Waals surface area contributed by atoms with Gasteiger partial charge in [0.25, 0.3) is 5.69 Å². The topological polar surface area (TPSA) is 67.5 Å². The minimum atomic E-state index is -0.616. The third kappa shape index (κ3) is 4.17. The van der Waals surface area contributed by atoms with Crippen LogP contribution in [-0.4, -0.2) is 28.5 Å². The highest BCUT2D eigenvalue weighted by Crippen LogP contribution is 2.27. The Balaban J connectivity index is 1.80. The van der Waals surface area contributed by atoms with Crippen LogP contribution >= 0.6 is 0 Å². The maximum absolute atomic E-state index is 12.9. The summed E-state index contributed by atoms with van der Waals surface area (Å²) in [6.07, 6.45) is 5.09. The fourth-order valence-electron chi connectivity index (χ4n) is 3.50. The molecule has 0 spiro atoms. The van der Waals surface area contributed by atoms with Crippen molar-refractivity contribution in [3.63, 3.8) is 0 Å².